The third-order valence-electron chi connectivity index (χ3n) is 3.08. The molecule has 1 atom stereocenters. The van der Waals surface area contributed by atoms with Gasteiger partial charge in [-0.3, -0.25) is 0 Å². The van der Waals surface area contributed by atoms with E-state index in [1.807, 2.05) is 13.0 Å². The molecule has 0 saturated carbocycles. The monoisotopic (exact) mass is 289 g/mol. The van der Waals surface area contributed by atoms with Crippen LogP contribution >= 0.6 is 0 Å². The Balaban J connectivity index is 2.78. The molecule has 1 rings (SSSR count). The Kier molecular flexibility index (Phi) is 6.26. The number of pyridine rings is 1. The van der Waals surface area contributed by atoms with Crippen LogP contribution in [0.5, 0.6) is 0 Å². The highest BCUT2D eigenvalue weighted by molar-refractivity contribution is 5.47. The van der Waals surface area contributed by atoms with E-state index in [0.29, 0.717) is 5.82 Å². The van der Waals surface area contributed by atoms with Gasteiger partial charge in [0.15, 0.2) is 0 Å². The van der Waals surface area contributed by atoms with Crippen molar-refractivity contribution in [3.63, 3.8) is 0 Å². The minimum absolute atomic E-state index is 0.0620. The summed E-state index contributed by atoms with van der Waals surface area (Å²) >= 11 is 0. The molecule has 0 aliphatic rings. The van der Waals surface area contributed by atoms with Crippen LogP contribution in [0.25, 0.3) is 0 Å². The third kappa shape index (κ3) is 5.36. The van der Waals surface area contributed by atoms with Crippen molar-refractivity contribution in [3.05, 3.63) is 23.9 Å². The van der Waals surface area contributed by atoms with Gasteiger partial charge in [0.05, 0.1) is 6.42 Å². The predicted octanol–water partition coefficient (Wildman–Crippen LogP) is 3.53. The largest absolute Gasteiger partial charge is 0.390 e. The SMILES string of the molecule is CCCNC(C)c1cccnc1N(C)CCC(F)(F)F. The van der Waals surface area contributed by atoms with E-state index in [4.69, 9.17) is 0 Å². The molecule has 1 heterocycles. The van der Waals surface area contributed by atoms with Crippen molar-refractivity contribution >= 4 is 5.82 Å². The zero-order chi connectivity index (χ0) is 15.2. The van der Waals surface area contributed by atoms with Gasteiger partial charge in [0.25, 0.3) is 0 Å². The first-order chi connectivity index (χ1) is 9.35. The van der Waals surface area contributed by atoms with Crippen molar-refractivity contribution < 1.29 is 13.2 Å². The van der Waals surface area contributed by atoms with Crippen LogP contribution in [0.2, 0.25) is 0 Å². The second-order valence-electron chi connectivity index (χ2n) is 4.88. The van der Waals surface area contributed by atoms with E-state index in [1.54, 1.807) is 24.2 Å². The van der Waals surface area contributed by atoms with Crippen molar-refractivity contribution in [2.75, 3.05) is 25.0 Å². The van der Waals surface area contributed by atoms with Gasteiger partial charge in [0.2, 0.25) is 0 Å². The highest BCUT2D eigenvalue weighted by Gasteiger charge is 2.27. The molecule has 114 valence electrons. The van der Waals surface area contributed by atoms with Crippen molar-refractivity contribution in [2.24, 2.45) is 0 Å². The fraction of sp³-hybridized carbons (Fsp3) is 0.643. The molecular formula is C14H22F3N3. The summed E-state index contributed by atoms with van der Waals surface area (Å²) in [7, 11) is 1.64. The Morgan fingerprint density at radius 1 is 1.40 bits per heavy atom. The average molecular weight is 289 g/mol. The summed E-state index contributed by atoms with van der Waals surface area (Å²) < 4.78 is 36.9. The second-order valence-corrected chi connectivity index (χ2v) is 4.88. The van der Waals surface area contributed by atoms with E-state index in [2.05, 4.69) is 17.2 Å². The van der Waals surface area contributed by atoms with Crippen molar-refractivity contribution in [1.29, 1.82) is 0 Å². The Labute approximate surface area is 118 Å². The van der Waals surface area contributed by atoms with Gasteiger partial charge in [0.1, 0.15) is 5.82 Å². The Morgan fingerprint density at radius 3 is 2.70 bits per heavy atom. The maximum atomic E-state index is 12.3. The fourth-order valence-electron chi connectivity index (χ4n) is 1.94. The molecule has 0 spiro atoms. The van der Waals surface area contributed by atoms with Crippen LogP contribution in [0.3, 0.4) is 0 Å². The van der Waals surface area contributed by atoms with Crippen molar-refractivity contribution in [1.82, 2.24) is 10.3 Å². The first-order valence-electron chi connectivity index (χ1n) is 6.81. The summed E-state index contributed by atoms with van der Waals surface area (Å²) in [5, 5.41) is 3.33. The number of hydrogen-bond donors (Lipinski definition) is 1. The lowest BCUT2D eigenvalue weighted by atomic mass is 10.1. The van der Waals surface area contributed by atoms with Crippen LogP contribution in [-0.2, 0) is 0 Å². The van der Waals surface area contributed by atoms with Crippen molar-refractivity contribution in [3.8, 4) is 0 Å². The lowest BCUT2D eigenvalue weighted by molar-refractivity contribution is -0.132. The molecule has 0 amide bonds. The molecule has 0 bridgehead atoms. The average Bonchev–Trinajstić information content (AvgIpc) is 2.41. The van der Waals surface area contributed by atoms with Crippen LogP contribution in [-0.4, -0.2) is 31.3 Å². The first kappa shape index (κ1) is 16.8. The number of aromatic nitrogens is 1. The summed E-state index contributed by atoms with van der Waals surface area (Å²) in [6.07, 6.45) is -2.37. The van der Waals surface area contributed by atoms with E-state index < -0.39 is 12.6 Å². The van der Waals surface area contributed by atoms with Gasteiger partial charge in [-0.15, -0.1) is 0 Å². The molecule has 1 aromatic rings. The lowest BCUT2D eigenvalue weighted by Crippen LogP contribution is -2.28. The van der Waals surface area contributed by atoms with Gasteiger partial charge in [-0.25, -0.2) is 4.98 Å². The molecule has 0 aliphatic carbocycles. The number of alkyl halides is 3. The summed E-state index contributed by atoms with van der Waals surface area (Å²) in [6.45, 7) is 4.84. The number of anilines is 1. The first-order valence-corrected chi connectivity index (χ1v) is 6.81. The van der Waals surface area contributed by atoms with Crippen molar-refractivity contribution in [2.45, 2.75) is 38.9 Å². The Morgan fingerprint density at radius 2 is 2.10 bits per heavy atom. The zero-order valence-corrected chi connectivity index (χ0v) is 12.2. The third-order valence-corrected chi connectivity index (χ3v) is 3.08. The maximum Gasteiger partial charge on any atom is 0.390 e. The molecule has 0 saturated heterocycles. The maximum absolute atomic E-state index is 12.3. The number of nitrogens with zero attached hydrogens (tertiary/aromatic N) is 2. The molecule has 1 N–H and O–H groups in total. The highest BCUT2D eigenvalue weighted by atomic mass is 19.4. The molecule has 0 aromatic carbocycles. The Hall–Kier alpha value is -1.30. The summed E-state index contributed by atoms with van der Waals surface area (Å²) in [5.41, 5.74) is 0.922. The van der Waals surface area contributed by atoms with E-state index >= 15 is 0 Å². The molecule has 1 unspecified atom stereocenters. The number of nitrogens with one attached hydrogen (secondary N) is 1. The number of rotatable bonds is 7. The predicted molar refractivity (Wildman–Crippen MR) is 74.9 cm³/mol. The van der Waals surface area contributed by atoms with Gasteiger partial charge >= 0.3 is 6.18 Å². The number of halogens is 3. The molecule has 6 heteroatoms. The molecule has 0 radical (unpaired) electrons. The van der Waals surface area contributed by atoms with E-state index in [1.165, 1.54) is 0 Å². The van der Waals surface area contributed by atoms with Gasteiger partial charge in [-0.1, -0.05) is 13.0 Å². The number of hydrogen-bond acceptors (Lipinski definition) is 3. The summed E-state index contributed by atoms with van der Waals surface area (Å²) in [5.74, 6) is 0.604. The summed E-state index contributed by atoms with van der Waals surface area (Å²) in [4.78, 5) is 5.79. The lowest BCUT2D eigenvalue weighted by Gasteiger charge is -2.24. The molecule has 0 fully saturated rings. The standard InChI is InChI=1S/C14H22F3N3/c1-4-8-18-11(2)12-6-5-9-19-13(12)20(3)10-7-14(15,16)17/h5-6,9,11,18H,4,7-8,10H2,1-3H3. The molecule has 3 nitrogen and oxygen atoms in total. The fourth-order valence-corrected chi connectivity index (χ4v) is 1.94. The van der Waals surface area contributed by atoms with Crippen LogP contribution in [0.15, 0.2) is 18.3 Å². The van der Waals surface area contributed by atoms with E-state index in [0.717, 1.165) is 18.5 Å². The smallest absolute Gasteiger partial charge is 0.359 e. The topological polar surface area (TPSA) is 28.2 Å². The van der Waals surface area contributed by atoms with E-state index in [9.17, 15) is 13.2 Å². The summed E-state index contributed by atoms with van der Waals surface area (Å²) in [6, 6.07) is 3.77. The highest BCUT2D eigenvalue weighted by Crippen LogP contribution is 2.25. The normalized spacial score (nSPS) is 13.3. The minimum Gasteiger partial charge on any atom is -0.359 e. The van der Waals surface area contributed by atoms with Crippen LogP contribution < -0.4 is 10.2 Å². The molecular weight excluding hydrogens is 267 g/mol. The van der Waals surface area contributed by atoms with E-state index in [-0.39, 0.29) is 12.6 Å². The van der Waals surface area contributed by atoms with Gasteiger partial charge in [0, 0.05) is 31.4 Å². The van der Waals surface area contributed by atoms with Gasteiger partial charge in [-0.2, -0.15) is 13.2 Å². The second kappa shape index (κ2) is 7.47. The zero-order valence-electron chi connectivity index (χ0n) is 12.2. The minimum atomic E-state index is -4.14. The van der Waals surface area contributed by atoms with Crippen LogP contribution in [0.1, 0.15) is 38.3 Å². The van der Waals surface area contributed by atoms with Gasteiger partial charge < -0.3 is 10.2 Å². The quantitative estimate of drug-likeness (QED) is 0.832. The molecule has 20 heavy (non-hydrogen) atoms. The molecule has 1 aromatic heterocycles. The van der Waals surface area contributed by atoms with Gasteiger partial charge in [-0.05, 0) is 26.0 Å². The Bertz CT molecular complexity index is 407. The van der Waals surface area contributed by atoms with Crippen LogP contribution in [0.4, 0.5) is 19.0 Å². The molecule has 0 aliphatic heterocycles. The van der Waals surface area contributed by atoms with Crippen LogP contribution in [0, 0.1) is 0 Å².